The maximum Gasteiger partial charge on any atom is 0.0526 e. The number of piperidine rings is 1. The summed E-state index contributed by atoms with van der Waals surface area (Å²) < 4.78 is 0. The van der Waals surface area contributed by atoms with E-state index in [1.807, 2.05) is 0 Å². The molecule has 1 aliphatic rings. The van der Waals surface area contributed by atoms with Crippen LogP contribution in [0.25, 0.3) is 0 Å². The van der Waals surface area contributed by atoms with Gasteiger partial charge >= 0.3 is 0 Å². The van der Waals surface area contributed by atoms with Crippen molar-refractivity contribution in [1.29, 1.82) is 0 Å². The van der Waals surface area contributed by atoms with Crippen molar-refractivity contribution < 1.29 is 0 Å². The van der Waals surface area contributed by atoms with Crippen LogP contribution >= 0.6 is 0 Å². The van der Waals surface area contributed by atoms with E-state index in [0.717, 1.165) is 5.92 Å². The minimum Gasteiger partial charge on any atom is -0.369 e. The van der Waals surface area contributed by atoms with E-state index in [0.29, 0.717) is 0 Å². The number of hydrogen-bond donors (Lipinski definition) is 0. The van der Waals surface area contributed by atoms with Crippen molar-refractivity contribution >= 4 is 0 Å². The van der Waals surface area contributed by atoms with Gasteiger partial charge in [0.05, 0.1) is 5.70 Å². The summed E-state index contributed by atoms with van der Waals surface area (Å²) in [6.45, 7) is 10.4. The largest absolute Gasteiger partial charge is 0.369 e. The summed E-state index contributed by atoms with van der Waals surface area (Å²) in [4.78, 5) is 2.38. The summed E-state index contributed by atoms with van der Waals surface area (Å²) in [5.41, 5.74) is 4.15. The molecule has 1 fully saturated rings. The van der Waals surface area contributed by atoms with Crippen LogP contribution in [-0.2, 0) is 0 Å². The van der Waals surface area contributed by atoms with Gasteiger partial charge in [-0.2, -0.15) is 0 Å². The number of likely N-dealkylation sites (tertiary alicyclic amines) is 1. The minimum absolute atomic E-state index is 0.840. The molecule has 1 nitrogen and oxygen atoms in total. The second-order valence-corrected chi connectivity index (χ2v) is 3.46. The van der Waals surface area contributed by atoms with Crippen molar-refractivity contribution in [3.8, 4) is 0 Å². The summed E-state index contributed by atoms with van der Waals surface area (Å²) in [6.07, 6.45) is 2.70. The second-order valence-electron chi connectivity index (χ2n) is 3.46. The maximum absolute atomic E-state index is 3.66. The maximum atomic E-state index is 3.66. The molecule has 1 rings (SSSR count). The van der Waals surface area contributed by atoms with E-state index in [1.54, 1.807) is 0 Å². The molecule has 0 saturated carbocycles. The highest BCUT2D eigenvalue weighted by atomic mass is 15.1. The lowest BCUT2D eigenvalue weighted by Gasteiger charge is -2.32. The molecule has 0 bridgehead atoms. The molecular weight excluding hydrogens is 134 g/mol. The SMILES string of the molecule is C=C=C(C)N1CCCC(C)C1. The van der Waals surface area contributed by atoms with Crippen molar-refractivity contribution in [2.24, 2.45) is 5.92 Å². The van der Waals surface area contributed by atoms with Crippen molar-refractivity contribution in [1.82, 2.24) is 4.90 Å². The molecule has 0 amide bonds. The lowest BCUT2D eigenvalue weighted by atomic mass is 10.00. The van der Waals surface area contributed by atoms with Crippen LogP contribution < -0.4 is 0 Å². The molecule has 0 spiro atoms. The standard InChI is InChI=1S/C10H17N/c1-4-10(3)11-7-5-6-9(2)8-11/h9H,1,5-8H2,2-3H3. The minimum atomic E-state index is 0.840. The average Bonchev–Trinajstić information content (AvgIpc) is 2.03. The molecule has 0 N–H and O–H groups in total. The predicted molar refractivity (Wildman–Crippen MR) is 48.3 cm³/mol. The van der Waals surface area contributed by atoms with Gasteiger partial charge in [-0.15, -0.1) is 5.73 Å². The lowest BCUT2D eigenvalue weighted by molar-refractivity contribution is 0.230. The number of allylic oxidation sites excluding steroid dienone is 1. The van der Waals surface area contributed by atoms with Crippen molar-refractivity contribution in [3.63, 3.8) is 0 Å². The smallest absolute Gasteiger partial charge is 0.0526 e. The first-order valence-electron chi connectivity index (χ1n) is 4.35. The molecule has 1 heterocycles. The molecule has 0 aromatic rings. The Morgan fingerprint density at radius 2 is 2.36 bits per heavy atom. The molecule has 1 aliphatic heterocycles. The Labute approximate surface area is 69.4 Å². The van der Waals surface area contributed by atoms with Crippen LogP contribution in [0.3, 0.4) is 0 Å². The van der Waals surface area contributed by atoms with E-state index in [-0.39, 0.29) is 0 Å². The third-order valence-electron chi connectivity index (χ3n) is 2.39. The summed E-state index contributed by atoms with van der Waals surface area (Å²) in [6, 6.07) is 0. The van der Waals surface area contributed by atoms with Crippen molar-refractivity contribution in [2.45, 2.75) is 26.7 Å². The Hall–Kier alpha value is -0.680. The summed E-state index contributed by atoms with van der Waals surface area (Å²) in [7, 11) is 0. The molecule has 1 unspecified atom stereocenters. The molecule has 0 aliphatic carbocycles. The zero-order valence-corrected chi connectivity index (χ0v) is 7.56. The van der Waals surface area contributed by atoms with Crippen LogP contribution in [0.1, 0.15) is 26.7 Å². The van der Waals surface area contributed by atoms with Gasteiger partial charge in [0.2, 0.25) is 0 Å². The Bertz CT molecular complexity index is 177. The van der Waals surface area contributed by atoms with E-state index in [1.165, 1.54) is 31.6 Å². The van der Waals surface area contributed by atoms with E-state index in [4.69, 9.17) is 0 Å². The molecule has 1 atom stereocenters. The Kier molecular flexibility index (Phi) is 2.78. The normalized spacial score (nSPS) is 24.5. The fraction of sp³-hybridized carbons (Fsp3) is 0.700. The number of nitrogens with zero attached hydrogens (tertiary/aromatic N) is 1. The van der Waals surface area contributed by atoms with E-state index in [9.17, 15) is 0 Å². The Balaban J connectivity index is 2.52. The van der Waals surface area contributed by atoms with Crippen LogP contribution in [0.5, 0.6) is 0 Å². The zero-order chi connectivity index (χ0) is 8.27. The highest BCUT2D eigenvalue weighted by Gasteiger charge is 2.15. The average molecular weight is 151 g/mol. The van der Waals surface area contributed by atoms with Crippen LogP contribution in [0.15, 0.2) is 18.0 Å². The van der Waals surface area contributed by atoms with Gasteiger partial charge in [0.25, 0.3) is 0 Å². The van der Waals surface area contributed by atoms with Gasteiger partial charge in [-0.3, -0.25) is 0 Å². The molecule has 1 saturated heterocycles. The Morgan fingerprint density at radius 1 is 1.64 bits per heavy atom. The molecule has 62 valence electrons. The molecule has 1 heteroatoms. The van der Waals surface area contributed by atoms with Crippen molar-refractivity contribution in [3.05, 3.63) is 18.0 Å². The first-order valence-corrected chi connectivity index (χ1v) is 4.35. The van der Waals surface area contributed by atoms with Crippen LogP contribution in [0.2, 0.25) is 0 Å². The quantitative estimate of drug-likeness (QED) is 0.520. The summed E-state index contributed by atoms with van der Waals surface area (Å²) in [5, 5.41) is 0. The van der Waals surface area contributed by atoms with Gasteiger partial charge in [-0.1, -0.05) is 13.5 Å². The first-order chi connectivity index (χ1) is 5.24. The van der Waals surface area contributed by atoms with Crippen LogP contribution in [0, 0.1) is 5.92 Å². The number of rotatable bonds is 1. The van der Waals surface area contributed by atoms with Gasteiger partial charge in [0.1, 0.15) is 0 Å². The van der Waals surface area contributed by atoms with E-state index in [2.05, 4.69) is 31.1 Å². The molecule has 0 aromatic carbocycles. The van der Waals surface area contributed by atoms with Gasteiger partial charge in [-0.05, 0) is 25.7 Å². The predicted octanol–water partition coefficient (Wildman–Crippen LogP) is 2.41. The fourth-order valence-corrected chi connectivity index (χ4v) is 1.61. The van der Waals surface area contributed by atoms with E-state index >= 15 is 0 Å². The highest BCUT2D eigenvalue weighted by molar-refractivity contribution is 4.95. The molecular formula is C10H17N. The molecule has 11 heavy (non-hydrogen) atoms. The van der Waals surface area contributed by atoms with E-state index < -0.39 is 0 Å². The first kappa shape index (κ1) is 8.42. The number of hydrogen-bond acceptors (Lipinski definition) is 1. The van der Waals surface area contributed by atoms with Crippen LogP contribution in [0.4, 0.5) is 0 Å². The second kappa shape index (κ2) is 3.64. The third kappa shape index (κ3) is 2.13. The van der Waals surface area contributed by atoms with Gasteiger partial charge in [-0.25, -0.2) is 0 Å². The molecule has 0 radical (unpaired) electrons. The van der Waals surface area contributed by atoms with Gasteiger partial charge in [0.15, 0.2) is 0 Å². The Morgan fingerprint density at radius 3 is 2.91 bits per heavy atom. The summed E-state index contributed by atoms with van der Waals surface area (Å²) >= 11 is 0. The van der Waals surface area contributed by atoms with Gasteiger partial charge in [0, 0.05) is 13.1 Å². The lowest BCUT2D eigenvalue weighted by Crippen LogP contribution is -2.32. The third-order valence-corrected chi connectivity index (χ3v) is 2.39. The fourth-order valence-electron chi connectivity index (χ4n) is 1.61. The summed E-state index contributed by atoms with van der Waals surface area (Å²) in [5.74, 6) is 0.840. The zero-order valence-electron chi connectivity index (χ0n) is 7.56. The van der Waals surface area contributed by atoms with Crippen LogP contribution in [-0.4, -0.2) is 18.0 Å². The topological polar surface area (TPSA) is 3.24 Å². The molecule has 0 aromatic heterocycles. The highest BCUT2D eigenvalue weighted by Crippen LogP contribution is 2.18. The van der Waals surface area contributed by atoms with Crippen molar-refractivity contribution in [2.75, 3.05) is 13.1 Å². The monoisotopic (exact) mass is 151 g/mol. The van der Waals surface area contributed by atoms with Gasteiger partial charge < -0.3 is 4.90 Å².